The van der Waals surface area contributed by atoms with Crippen LogP contribution in [0.15, 0.2) is 0 Å². The topological polar surface area (TPSA) is 49.3 Å². The minimum atomic E-state index is -0.716. The van der Waals surface area contributed by atoms with E-state index in [-0.39, 0.29) is 10.9 Å². The fraction of sp³-hybridized carbons (Fsp3) is 0.875. The maximum atomic E-state index is 10.7. The molecule has 0 aromatic rings. The van der Waals surface area contributed by atoms with Gasteiger partial charge in [0.1, 0.15) is 6.04 Å². The molecule has 0 aromatic heterocycles. The molecule has 1 saturated carbocycles. The van der Waals surface area contributed by atoms with Gasteiger partial charge in [0.25, 0.3) is 0 Å². The lowest BCUT2D eigenvalue weighted by molar-refractivity contribution is -0.138. The SMILES string of the molecule is CC1(C2CC2)N[C@@H](C(=O)O)CS1. The normalized spacial score (nSPS) is 41.6. The lowest BCUT2D eigenvalue weighted by atomic mass is 10.2. The summed E-state index contributed by atoms with van der Waals surface area (Å²) in [6.45, 7) is 2.12. The predicted octanol–water partition coefficient (Wildman–Crippen LogP) is 0.902. The summed E-state index contributed by atoms with van der Waals surface area (Å²) in [7, 11) is 0. The Morgan fingerprint density at radius 2 is 2.33 bits per heavy atom. The Morgan fingerprint density at radius 3 is 2.75 bits per heavy atom. The van der Waals surface area contributed by atoms with Crippen LogP contribution >= 0.6 is 11.8 Å². The summed E-state index contributed by atoms with van der Waals surface area (Å²) < 4.78 is 0. The first kappa shape index (κ1) is 8.38. The van der Waals surface area contributed by atoms with Crippen molar-refractivity contribution in [2.45, 2.75) is 30.7 Å². The van der Waals surface area contributed by atoms with Crippen molar-refractivity contribution in [1.82, 2.24) is 5.32 Å². The average Bonchev–Trinajstić information content (AvgIpc) is 2.77. The highest BCUT2D eigenvalue weighted by molar-refractivity contribution is 8.00. The van der Waals surface area contributed by atoms with Crippen LogP contribution in [0.1, 0.15) is 19.8 Å². The van der Waals surface area contributed by atoms with Crippen molar-refractivity contribution in [2.75, 3.05) is 5.75 Å². The molecule has 2 N–H and O–H groups in total. The molecule has 1 saturated heterocycles. The molecule has 1 unspecified atom stereocenters. The number of nitrogens with one attached hydrogen (secondary N) is 1. The molecule has 0 spiro atoms. The smallest absolute Gasteiger partial charge is 0.321 e. The van der Waals surface area contributed by atoms with E-state index in [4.69, 9.17) is 5.11 Å². The van der Waals surface area contributed by atoms with E-state index in [1.54, 1.807) is 11.8 Å². The molecule has 2 fully saturated rings. The zero-order chi connectivity index (χ0) is 8.77. The Labute approximate surface area is 75.9 Å². The molecule has 0 radical (unpaired) electrons. The van der Waals surface area contributed by atoms with Crippen molar-refractivity contribution in [3.63, 3.8) is 0 Å². The number of carboxylic acids is 1. The maximum Gasteiger partial charge on any atom is 0.321 e. The van der Waals surface area contributed by atoms with Crippen molar-refractivity contribution < 1.29 is 9.90 Å². The van der Waals surface area contributed by atoms with Gasteiger partial charge in [-0.3, -0.25) is 10.1 Å². The molecule has 2 atom stereocenters. The quantitative estimate of drug-likeness (QED) is 0.674. The number of thioether (sulfide) groups is 1. The lowest BCUT2D eigenvalue weighted by Crippen LogP contribution is -2.44. The Balaban J connectivity index is 2.00. The first-order chi connectivity index (χ1) is 5.62. The van der Waals surface area contributed by atoms with Crippen LogP contribution in [0.25, 0.3) is 0 Å². The summed E-state index contributed by atoms with van der Waals surface area (Å²) in [6.07, 6.45) is 2.51. The van der Waals surface area contributed by atoms with Gasteiger partial charge in [-0.2, -0.15) is 0 Å². The molecule has 68 valence electrons. The minimum Gasteiger partial charge on any atom is -0.480 e. The molecule has 1 aliphatic heterocycles. The molecule has 0 bridgehead atoms. The molecule has 2 rings (SSSR count). The van der Waals surface area contributed by atoms with Crippen LogP contribution in [0, 0.1) is 5.92 Å². The van der Waals surface area contributed by atoms with Gasteiger partial charge in [0.15, 0.2) is 0 Å². The molecule has 0 amide bonds. The van der Waals surface area contributed by atoms with Crippen molar-refractivity contribution >= 4 is 17.7 Å². The zero-order valence-electron chi connectivity index (χ0n) is 7.04. The van der Waals surface area contributed by atoms with Crippen LogP contribution < -0.4 is 5.32 Å². The maximum absolute atomic E-state index is 10.7. The van der Waals surface area contributed by atoms with Crippen molar-refractivity contribution in [2.24, 2.45) is 5.92 Å². The summed E-state index contributed by atoms with van der Waals surface area (Å²) in [6, 6.07) is -0.333. The van der Waals surface area contributed by atoms with E-state index in [2.05, 4.69) is 12.2 Å². The van der Waals surface area contributed by atoms with Gasteiger partial charge in [-0.05, 0) is 25.7 Å². The van der Waals surface area contributed by atoms with Gasteiger partial charge in [0, 0.05) is 5.75 Å². The van der Waals surface area contributed by atoms with Crippen molar-refractivity contribution in [1.29, 1.82) is 0 Å². The van der Waals surface area contributed by atoms with Crippen LogP contribution in [-0.2, 0) is 4.79 Å². The Hall–Kier alpha value is -0.220. The predicted molar refractivity (Wildman–Crippen MR) is 48.1 cm³/mol. The molecule has 1 aliphatic carbocycles. The van der Waals surface area contributed by atoms with Gasteiger partial charge in [-0.1, -0.05) is 0 Å². The molecule has 0 aromatic carbocycles. The van der Waals surface area contributed by atoms with Crippen LogP contribution in [0.3, 0.4) is 0 Å². The molecule has 3 nitrogen and oxygen atoms in total. The second-order valence-corrected chi connectivity index (χ2v) is 5.20. The van der Waals surface area contributed by atoms with Crippen LogP contribution in [0.2, 0.25) is 0 Å². The Morgan fingerprint density at radius 1 is 1.67 bits per heavy atom. The minimum absolute atomic E-state index is 0.0447. The van der Waals surface area contributed by atoms with Gasteiger partial charge in [-0.15, -0.1) is 11.8 Å². The number of rotatable bonds is 2. The number of carboxylic acid groups (broad SMARTS) is 1. The number of aliphatic carboxylic acids is 1. The second-order valence-electron chi connectivity index (χ2n) is 3.73. The third-order valence-corrected chi connectivity index (χ3v) is 4.22. The standard InChI is InChI=1S/C8H13NO2S/c1-8(5-2-3-5)9-6(4-12-8)7(10)11/h5-6,9H,2-4H2,1H3,(H,10,11)/t6-,8?/m1/s1. The molecular weight excluding hydrogens is 174 g/mol. The van der Waals surface area contributed by atoms with Crippen LogP contribution in [-0.4, -0.2) is 27.7 Å². The Kier molecular flexibility index (Phi) is 1.84. The summed E-state index contributed by atoms with van der Waals surface area (Å²) in [5.41, 5.74) is 0. The Bertz CT molecular complexity index is 217. The van der Waals surface area contributed by atoms with E-state index in [0.717, 1.165) is 0 Å². The number of carbonyl (C=O) groups is 1. The third kappa shape index (κ3) is 1.33. The van der Waals surface area contributed by atoms with E-state index in [9.17, 15) is 4.79 Å². The van der Waals surface area contributed by atoms with Gasteiger partial charge >= 0.3 is 5.97 Å². The van der Waals surface area contributed by atoms with Gasteiger partial charge in [0.05, 0.1) is 4.87 Å². The molecule has 2 aliphatic rings. The fourth-order valence-electron chi connectivity index (χ4n) is 1.69. The largest absolute Gasteiger partial charge is 0.480 e. The average molecular weight is 187 g/mol. The summed E-state index contributed by atoms with van der Waals surface area (Å²) in [5.74, 6) is 0.696. The van der Waals surface area contributed by atoms with Crippen molar-refractivity contribution in [3.8, 4) is 0 Å². The first-order valence-electron chi connectivity index (χ1n) is 4.26. The summed E-state index contributed by atoms with van der Waals surface area (Å²) in [5, 5.41) is 12.0. The van der Waals surface area contributed by atoms with E-state index < -0.39 is 5.97 Å². The molecule has 4 heteroatoms. The number of hydrogen-bond acceptors (Lipinski definition) is 3. The first-order valence-corrected chi connectivity index (χ1v) is 5.25. The fourth-order valence-corrected chi connectivity index (χ4v) is 3.12. The van der Waals surface area contributed by atoms with Gasteiger partial charge in [0.2, 0.25) is 0 Å². The summed E-state index contributed by atoms with van der Waals surface area (Å²) in [4.78, 5) is 10.7. The van der Waals surface area contributed by atoms with Crippen molar-refractivity contribution in [3.05, 3.63) is 0 Å². The highest BCUT2D eigenvalue weighted by atomic mass is 32.2. The van der Waals surface area contributed by atoms with Gasteiger partial charge < -0.3 is 5.11 Å². The van der Waals surface area contributed by atoms with E-state index in [1.165, 1.54) is 12.8 Å². The molecule has 1 heterocycles. The number of hydrogen-bond donors (Lipinski definition) is 2. The van der Waals surface area contributed by atoms with E-state index >= 15 is 0 Å². The van der Waals surface area contributed by atoms with Gasteiger partial charge in [-0.25, -0.2) is 0 Å². The highest BCUT2D eigenvalue weighted by Gasteiger charge is 2.48. The van der Waals surface area contributed by atoms with E-state index in [1.807, 2.05) is 0 Å². The third-order valence-electron chi connectivity index (χ3n) is 2.67. The van der Waals surface area contributed by atoms with Crippen LogP contribution in [0.4, 0.5) is 0 Å². The lowest BCUT2D eigenvalue weighted by Gasteiger charge is -2.23. The monoisotopic (exact) mass is 187 g/mol. The van der Waals surface area contributed by atoms with Crippen LogP contribution in [0.5, 0.6) is 0 Å². The second kappa shape index (κ2) is 2.64. The zero-order valence-corrected chi connectivity index (χ0v) is 7.86. The molecule has 12 heavy (non-hydrogen) atoms. The van der Waals surface area contributed by atoms with E-state index in [0.29, 0.717) is 11.7 Å². The molecular formula is C8H13NO2S. The highest BCUT2D eigenvalue weighted by Crippen LogP contribution is 2.48. The summed E-state index contributed by atoms with van der Waals surface area (Å²) >= 11 is 1.76.